The van der Waals surface area contributed by atoms with Gasteiger partial charge in [-0.05, 0) is 19.1 Å². The molecule has 0 bridgehead atoms. The van der Waals surface area contributed by atoms with Crippen LogP contribution in [0.3, 0.4) is 0 Å². The molecule has 1 aromatic heterocycles. The molecule has 0 atom stereocenters. The third-order valence-electron chi connectivity index (χ3n) is 1.54. The van der Waals surface area contributed by atoms with Gasteiger partial charge in [-0.3, -0.25) is 4.79 Å². The fourth-order valence-electron chi connectivity index (χ4n) is 0.781. The van der Waals surface area contributed by atoms with Crippen molar-refractivity contribution in [2.45, 2.75) is 25.9 Å². The van der Waals surface area contributed by atoms with Crippen molar-refractivity contribution < 1.29 is 4.79 Å². The second-order valence-corrected chi connectivity index (χ2v) is 3.60. The van der Waals surface area contributed by atoms with E-state index >= 15 is 0 Å². The van der Waals surface area contributed by atoms with Crippen LogP contribution in [0.1, 0.15) is 19.7 Å². The SMILES string of the molecule is Cn1nnc(CNC(=O)C(C)(C)N)n1. The summed E-state index contributed by atoms with van der Waals surface area (Å²) in [5.74, 6) is 0.218. The third-order valence-corrected chi connectivity index (χ3v) is 1.54. The highest BCUT2D eigenvalue weighted by atomic mass is 16.2. The summed E-state index contributed by atoms with van der Waals surface area (Å²) >= 11 is 0. The molecule has 0 fully saturated rings. The van der Waals surface area contributed by atoms with Crippen molar-refractivity contribution in [3.63, 3.8) is 0 Å². The van der Waals surface area contributed by atoms with Crippen molar-refractivity contribution in [1.82, 2.24) is 25.5 Å². The van der Waals surface area contributed by atoms with Crippen LogP contribution < -0.4 is 11.1 Å². The molecule has 0 radical (unpaired) electrons. The number of nitrogens with zero attached hydrogens (tertiary/aromatic N) is 4. The molecule has 0 saturated heterocycles. The number of rotatable bonds is 3. The van der Waals surface area contributed by atoms with Crippen molar-refractivity contribution in [3.8, 4) is 0 Å². The number of hydrogen-bond acceptors (Lipinski definition) is 5. The van der Waals surface area contributed by atoms with Crippen molar-refractivity contribution >= 4 is 5.91 Å². The van der Waals surface area contributed by atoms with Gasteiger partial charge in [-0.15, -0.1) is 10.2 Å². The van der Waals surface area contributed by atoms with E-state index in [0.717, 1.165) is 0 Å². The topological polar surface area (TPSA) is 98.7 Å². The van der Waals surface area contributed by atoms with Crippen LogP contribution in [-0.2, 0) is 18.4 Å². The summed E-state index contributed by atoms with van der Waals surface area (Å²) in [6.07, 6.45) is 0. The highest BCUT2D eigenvalue weighted by Crippen LogP contribution is 1.96. The van der Waals surface area contributed by atoms with Gasteiger partial charge in [0.25, 0.3) is 0 Å². The van der Waals surface area contributed by atoms with Crippen molar-refractivity contribution in [2.24, 2.45) is 12.8 Å². The molecule has 1 aromatic rings. The molecule has 0 aliphatic carbocycles. The summed E-state index contributed by atoms with van der Waals surface area (Å²) in [7, 11) is 1.66. The predicted molar refractivity (Wildman–Crippen MR) is 48.9 cm³/mol. The second-order valence-electron chi connectivity index (χ2n) is 3.60. The average molecular weight is 198 g/mol. The number of nitrogens with two attached hydrogens (primary N) is 1. The zero-order chi connectivity index (χ0) is 10.8. The summed E-state index contributed by atoms with van der Waals surface area (Å²) in [6.45, 7) is 3.51. The Morgan fingerprint density at radius 2 is 2.29 bits per heavy atom. The fraction of sp³-hybridized carbons (Fsp3) is 0.714. The molecular formula is C7H14N6O. The normalized spacial score (nSPS) is 11.4. The van der Waals surface area contributed by atoms with E-state index in [9.17, 15) is 4.79 Å². The molecule has 0 unspecified atom stereocenters. The number of aryl methyl sites for hydroxylation is 1. The Balaban J connectivity index is 2.46. The first-order valence-corrected chi connectivity index (χ1v) is 4.19. The lowest BCUT2D eigenvalue weighted by Crippen LogP contribution is -2.48. The van der Waals surface area contributed by atoms with Crippen LogP contribution in [0.15, 0.2) is 0 Å². The fourth-order valence-corrected chi connectivity index (χ4v) is 0.781. The lowest BCUT2D eigenvalue weighted by molar-refractivity contribution is -0.125. The molecule has 3 N–H and O–H groups in total. The van der Waals surface area contributed by atoms with Crippen molar-refractivity contribution in [3.05, 3.63) is 5.82 Å². The first kappa shape index (κ1) is 10.6. The van der Waals surface area contributed by atoms with Crippen LogP contribution in [0.4, 0.5) is 0 Å². The molecule has 7 nitrogen and oxygen atoms in total. The maximum absolute atomic E-state index is 11.3. The van der Waals surface area contributed by atoms with E-state index in [1.165, 1.54) is 4.80 Å². The third kappa shape index (κ3) is 2.77. The van der Waals surface area contributed by atoms with Crippen LogP contribution in [0.25, 0.3) is 0 Å². The van der Waals surface area contributed by atoms with Gasteiger partial charge in [-0.2, -0.15) is 4.80 Å². The smallest absolute Gasteiger partial charge is 0.239 e. The largest absolute Gasteiger partial charge is 0.347 e. The van der Waals surface area contributed by atoms with Crippen molar-refractivity contribution in [2.75, 3.05) is 0 Å². The monoisotopic (exact) mass is 198 g/mol. The maximum atomic E-state index is 11.3. The maximum Gasteiger partial charge on any atom is 0.239 e. The molecule has 0 aromatic carbocycles. The summed E-state index contributed by atoms with van der Waals surface area (Å²) in [6, 6.07) is 0. The minimum Gasteiger partial charge on any atom is -0.347 e. The van der Waals surface area contributed by atoms with E-state index in [2.05, 4.69) is 20.7 Å². The van der Waals surface area contributed by atoms with Crippen LogP contribution in [0.2, 0.25) is 0 Å². The molecule has 14 heavy (non-hydrogen) atoms. The Morgan fingerprint density at radius 3 is 2.71 bits per heavy atom. The molecule has 1 amide bonds. The second kappa shape index (κ2) is 3.70. The minimum absolute atomic E-state index is 0.243. The van der Waals surface area contributed by atoms with Gasteiger partial charge in [-0.1, -0.05) is 0 Å². The number of carbonyl (C=O) groups excluding carboxylic acids is 1. The van der Waals surface area contributed by atoms with Crippen LogP contribution >= 0.6 is 0 Å². The number of carbonyl (C=O) groups is 1. The minimum atomic E-state index is -0.887. The first-order chi connectivity index (χ1) is 6.39. The van der Waals surface area contributed by atoms with E-state index in [1.54, 1.807) is 20.9 Å². The van der Waals surface area contributed by atoms with Gasteiger partial charge in [0.05, 0.1) is 19.1 Å². The van der Waals surface area contributed by atoms with Crippen molar-refractivity contribution in [1.29, 1.82) is 0 Å². The Morgan fingerprint density at radius 1 is 1.64 bits per heavy atom. The molecular weight excluding hydrogens is 184 g/mol. The Hall–Kier alpha value is -1.50. The molecule has 0 aliphatic heterocycles. The molecule has 1 heterocycles. The van der Waals surface area contributed by atoms with Gasteiger partial charge in [0.2, 0.25) is 5.91 Å². The zero-order valence-electron chi connectivity index (χ0n) is 8.48. The molecule has 1 rings (SSSR count). The van der Waals surface area contributed by atoms with E-state index < -0.39 is 5.54 Å². The van der Waals surface area contributed by atoms with E-state index in [1.807, 2.05) is 0 Å². The molecule has 7 heteroatoms. The zero-order valence-corrected chi connectivity index (χ0v) is 8.48. The number of hydrogen-bond donors (Lipinski definition) is 2. The van der Waals surface area contributed by atoms with Crippen LogP contribution in [0, 0.1) is 0 Å². The van der Waals surface area contributed by atoms with Gasteiger partial charge in [-0.25, -0.2) is 0 Å². The number of tetrazole rings is 1. The number of nitrogens with one attached hydrogen (secondary N) is 1. The highest BCUT2D eigenvalue weighted by molar-refractivity contribution is 5.84. The molecule has 0 aliphatic rings. The molecule has 0 spiro atoms. The van der Waals surface area contributed by atoms with Gasteiger partial charge >= 0.3 is 0 Å². The Bertz CT molecular complexity index is 325. The van der Waals surface area contributed by atoms with Gasteiger partial charge in [0, 0.05) is 0 Å². The van der Waals surface area contributed by atoms with Crippen LogP contribution in [-0.4, -0.2) is 31.7 Å². The average Bonchev–Trinajstić information content (AvgIpc) is 2.45. The standard InChI is InChI=1S/C7H14N6O/c1-7(2,8)6(14)9-4-5-10-12-13(3)11-5/h4,8H2,1-3H3,(H,9,14). The highest BCUT2D eigenvalue weighted by Gasteiger charge is 2.21. The lowest BCUT2D eigenvalue weighted by Gasteiger charge is -2.16. The molecule has 0 saturated carbocycles. The van der Waals surface area contributed by atoms with Gasteiger partial charge in [0.15, 0.2) is 5.82 Å². The summed E-state index contributed by atoms with van der Waals surface area (Å²) in [4.78, 5) is 12.7. The first-order valence-electron chi connectivity index (χ1n) is 4.19. The number of amides is 1. The summed E-state index contributed by atoms with van der Waals surface area (Å²) < 4.78 is 0. The van der Waals surface area contributed by atoms with E-state index in [0.29, 0.717) is 5.82 Å². The quantitative estimate of drug-likeness (QED) is 0.620. The number of aromatic nitrogens is 4. The van der Waals surface area contributed by atoms with E-state index in [-0.39, 0.29) is 12.5 Å². The summed E-state index contributed by atoms with van der Waals surface area (Å²) in [5.41, 5.74) is 4.69. The Kier molecular flexibility index (Phi) is 2.80. The predicted octanol–water partition coefficient (Wildman–Crippen LogP) is -1.44. The van der Waals surface area contributed by atoms with Gasteiger partial charge < -0.3 is 11.1 Å². The summed E-state index contributed by atoms with van der Waals surface area (Å²) in [5, 5.41) is 13.9. The molecule has 78 valence electrons. The lowest BCUT2D eigenvalue weighted by atomic mass is 10.1. The van der Waals surface area contributed by atoms with E-state index in [4.69, 9.17) is 5.73 Å². The van der Waals surface area contributed by atoms with Gasteiger partial charge in [0.1, 0.15) is 0 Å². The van der Waals surface area contributed by atoms with Crippen LogP contribution in [0.5, 0.6) is 0 Å². The Labute approximate surface area is 81.7 Å².